The highest BCUT2D eigenvalue weighted by Crippen LogP contribution is 2.40. The zero-order valence-electron chi connectivity index (χ0n) is 15.1. The van der Waals surface area contributed by atoms with Crippen molar-refractivity contribution >= 4 is 33.1 Å². The number of aromatic nitrogens is 1. The van der Waals surface area contributed by atoms with Gasteiger partial charge < -0.3 is 19.5 Å². The fraction of sp³-hybridized carbons (Fsp3) is 0.263. The zero-order chi connectivity index (χ0) is 18.7. The molecule has 0 saturated heterocycles. The van der Waals surface area contributed by atoms with E-state index in [1.807, 2.05) is 25.1 Å². The van der Waals surface area contributed by atoms with E-state index in [2.05, 4.69) is 10.3 Å². The number of carbonyl (C=O) groups excluding carboxylic acids is 1. The molecule has 0 radical (unpaired) electrons. The Morgan fingerprint density at radius 1 is 1.08 bits per heavy atom. The summed E-state index contributed by atoms with van der Waals surface area (Å²) in [5.41, 5.74) is 2.40. The Morgan fingerprint density at radius 2 is 1.85 bits per heavy atom. The van der Waals surface area contributed by atoms with Crippen molar-refractivity contribution in [2.24, 2.45) is 0 Å². The Bertz CT molecular complexity index is 952. The van der Waals surface area contributed by atoms with Crippen LogP contribution in [0.1, 0.15) is 10.6 Å². The number of methoxy groups -OCH3 is 3. The number of nitrogens with one attached hydrogen (secondary N) is 1. The van der Waals surface area contributed by atoms with Crippen molar-refractivity contribution in [3.8, 4) is 17.2 Å². The zero-order valence-corrected chi connectivity index (χ0v) is 15.9. The molecule has 1 heterocycles. The smallest absolute Gasteiger partial charge is 0.228 e. The van der Waals surface area contributed by atoms with Gasteiger partial charge in [-0.15, -0.1) is 11.3 Å². The molecule has 0 saturated carbocycles. The van der Waals surface area contributed by atoms with Gasteiger partial charge >= 0.3 is 0 Å². The molecule has 0 atom stereocenters. The second-order valence-corrected chi connectivity index (χ2v) is 6.87. The van der Waals surface area contributed by atoms with Crippen LogP contribution in [0.2, 0.25) is 0 Å². The van der Waals surface area contributed by atoms with Crippen LogP contribution in [0.25, 0.3) is 10.2 Å². The van der Waals surface area contributed by atoms with Crippen molar-refractivity contribution in [2.45, 2.75) is 13.3 Å². The Hall–Kier alpha value is -2.80. The van der Waals surface area contributed by atoms with E-state index in [0.717, 1.165) is 26.5 Å². The summed E-state index contributed by atoms with van der Waals surface area (Å²) in [5.74, 6) is 1.38. The van der Waals surface area contributed by atoms with Crippen molar-refractivity contribution in [1.29, 1.82) is 0 Å². The van der Waals surface area contributed by atoms with Crippen molar-refractivity contribution < 1.29 is 19.0 Å². The van der Waals surface area contributed by atoms with Crippen LogP contribution < -0.4 is 19.5 Å². The number of fused-ring (bicyclic) bond motifs is 1. The maximum Gasteiger partial charge on any atom is 0.228 e. The number of anilines is 1. The highest BCUT2D eigenvalue weighted by molar-refractivity contribution is 7.18. The molecule has 0 aliphatic heterocycles. The standard InChI is InChI=1S/C19H20N2O4S/c1-11-20-14-7-6-13(10-16(14)26-11)21-17(22)9-12-5-8-15(23-2)19(25-4)18(12)24-3/h5-8,10H,9H2,1-4H3,(H,21,22). The van der Waals surface area contributed by atoms with E-state index in [9.17, 15) is 4.79 Å². The molecule has 7 heteroatoms. The molecule has 1 aromatic heterocycles. The fourth-order valence-electron chi connectivity index (χ4n) is 2.80. The average Bonchev–Trinajstić information content (AvgIpc) is 3.00. The summed E-state index contributed by atoms with van der Waals surface area (Å²) in [6, 6.07) is 9.26. The monoisotopic (exact) mass is 372 g/mol. The van der Waals surface area contributed by atoms with Gasteiger partial charge in [-0.05, 0) is 31.2 Å². The molecule has 136 valence electrons. The lowest BCUT2D eigenvalue weighted by Gasteiger charge is -2.15. The summed E-state index contributed by atoms with van der Waals surface area (Å²) in [6.45, 7) is 1.96. The Kier molecular flexibility index (Phi) is 5.27. The van der Waals surface area contributed by atoms with Crippen LogP contribution in [0.4, 0.5) is 5.69 Å². The van der Waals surface area contributed by atoms with Crippen LogP contribution in [0.15, 0.2) is 30.3 Å². The van der Waals surface area contributed by atoms with Gasteiger partial charge in [0.1, 0.15) is 0 Å². The minimum Gasteiger partial charge on any atom is -0.493 e. The molecule has 2 aromatic carbocycles. The molecular weight excluding hydrogens is 352 g/mol. The molecule has 0 aliphatic rings. The fourth-order valence-corrected chi connectivity index (χ4v) is 3.66. The van der Waals surface area contributed by atoms with Crippen LogP contribution in [-0.2, 0) is 11.2 Å². The molecule has 26 heavy (non-hydrogen) atoms. The van der Waals surface area contributed by atoms with Crippen LogP contribution in [0.3, 0.4) is 0 Å². The Morgan fingerprint density at radius 3 is 2.54 bits per heavy atom. The van der Waals surface area contributed by atoms with Crippen molar-refractivity contribution in [1.82, 2.24) is 4.98 Å². The van der Waals surface area contributed by atoms with Crippen LogP contribution in [0.5, 0.6) is 17.2 Å². The number of nitrogens with zero attached hydrogens (tertiary/aromatic N) is 1. The Balaban J connectivity index is 1.80. The summed E-state index contributed by atoms with van der Waals surface area (Å²) in [7, 11) is 4.64. The molecule has 0 bridgehead atoms. The maximum atomic E-state index is 12.5. The lowest BCUT2D eigenvalue weighted by atomic mass is 10.1. The largest absolute Gasteiger partial charge is 0.493 e. The third-order valence-electron chi connectivity index (χ3n) is 3.92. The van der Waals surface area contributed by atoms with Crippen molar-refractivity contribution in [3.05, 3.63) is 40.9 Å². The van der Waals surface area contributed by atoms with Gasteiger partial charge in [0.05, 0.1) is 43.0 Å². The summed E-state index contributed by atoms with van der Waals surface area (Å²) in [4.78, 5) is 16.9. The second kappa shape index (κ2) is 7.61. The minimum absolute atomic E-state index is 0.142. The van der Waals surface area contributed by atoms with Gasteiger partial charge in [0.25, 0.3) is 0 Å². The molecular formula is C19H20N2O4S. The normalized spacial score (nSPS) is 10.6. The highest BCUT2D eigenvalue weighted by atomic mass is 32.1. The van der Waals surface area contributed by atoms with Gasteiger partial charge in [-0.3, -0.25) is 4.79 Å². The van der Waals surface area contributed by atoms with Gasteiger partial charge in [-0.25, -0.2) is 4.98 Å². The SMILES string of the molecule is COc1ccc(CC(=O)Nc2ccc3nc(C)sc3c2)c(OC)c1OC. The number of aryl methyl sites for hydroxylation is 1. The third-order valence-corrected chi connectivity index (χ3v) is 4.85. The van der Waals surface area contributed by atoms with E-state index in [-0.39, 0.29) is 12.3 Å². The minimum atomic E-state index is -0.142. The number of hydrogen-bond acceptors (Lipinski definition) is 6. The quantitative estimate of drug-likeness (QED) is 0.712. The van der Waals surface area contributed by atoms with E-state index < -0.39 is 0 Å². The molecule has 0 spiro atoms. The summed E-state index contributed by atoms with van der Waals surface area (Å²) < 4.78 is 17.1. The molecule has 1 N–H and O–H groups in total. The lowest BCUT2D eigenvalue weighted by molar-refractivity contribution is -0.115. The van der Waals surface area contributed by atoms with E-state index >= 15 is 0 Å². The second-order valence-electron chi connectivity index (χ2n) is 5.63. The number of thiazole rings is 1. The first-order chi connectivity index (χ1) is 12.5. The van der Waals surface area contributed by atoms with E-state index in [0.29, 0.717) is 17.2 Å². The number of amides is 1. The molecule has 0 unspecified atom stereocenters. The molecule has 1 amide bonds. The number of hydrogen-bond donors (Lipinski definition) is 1. The van der Waals surface area contributed by atoms with Gasteiger partial charge in [-0.1, -0.05) is 6.07 Å². The van der Waals surface area contributed by atoms with Crippen molar-refractivity contribution in [2.75, 3.05) is 26.6 Å². The van der Waals surface area contributed by atoms with Gasteiger partial charge in [0.15, 0.2) is 11.5 Å². The first kappa shape index (κ1) is 18.0. The summed E-state index contributed by atoms with van der Waals surface area (Å²) in [5, 5.41) is 3.92. The van der Waals surface area contributed by atoms with E-state index in [1.54, 1.807) is 37.7 Å². The molecule has 3 rings (SSSR count). The first-order valence-corrected chi connectivity index (χ1v) is 8.82. The summed E-state index contributed by atoms with van der Waals surface area (Å²) >= 11 is 1.60. The molecule has 0 fully saturated rings. The number of rotatable bonds is 6. The predicted molar refractivity (Wildman–Crippen MR) is 103 cm³/mol. The molecule has 0 aliphatic carbocycles. The Labute approximate surface area is 155 Å². The number of carbonyl (C=O) groups is 1. The molecule has 6 nitrogen and oxygen atoms in total. The number of benzene rings is 2. The van der Waals surface area contributed by atoms with Gasteiger partial charge in [-0.2, -0.15) is 0 Å². The highest BCUT2D eigenvalue weighted by Gasteiger charge is 2.18. The topological polar surface area (TPSA) is 69.7 Å². The van der Waals surface area contributed by atoms with Crippen LogP contribution >= 0.6 is 11.3 Å². The van der Waals surface area contributed by atoms with Gasteiger partial charge in [0, 0.05) is 11.3 Å². The van der Waals surface area contributed by atoms with E-state index in [1.165, 1.54) is 7.11 Å². The van der Waals surface area contributed by atoms with Crippen LogP contribution in [-0.4, -0.2) is 32.2 Å². The predicted octanol–water partition coefficient (Wildman–Crippen LogP) is 3.81. The van der Waals surface area contributed by atoms with Gasteiger partial charge in [0.2, 0.25) is 11.7 Å². The summed E-state index contributed by atoms with van der Waals surface area (Å²) in [6.07, 6.45) is 0.156. The molecule has 3 aromatic rings. The van der Waals surface area contributed by atoms with Crippen molar-refractivity contribution in [3.63, 3.8) is 0 Å². The number of ether oxygens (including phenoxy) is 3. The van der Waals surface area contributed by atoms with E-state index in [4.69, 9.17) is 14.2 Å². The van der Waals surface area contributed by atoms with Crippen LogP contribution in [0, 0.1) is 6.92 Å². The first-order valence-electron chi connectivity index (χ1n) is 8.00. The maximum absolute atomic E-state index is 12.5. The third kappa shape index (κ3) is 3.57. The lowest BCUT2D eigenvalue weighted by Crippen LogP contribution is -2.15. The average molecular weight is 372 g/mol.